The lowest BCUT2D eigenvalue weighted by molar-refractivity contribution is -0.143. The van der Waals surface area contributed by atoms with E-state index in [1.165, 1.54) is 32.6 Å². The van der Waals surface area contributed by atoms with Crippen molar-refractivity contribution >= 4 is 15.8 Å². The Balaban J connectivity index is 2.10. The van der Waals surface area contributed by atoms with Crippen LogP contribution >= 0.6 is 0 Å². The highest BCUT2D eigenvalue weighted by Crippen LogP contribution is 2.52. The fourth-order valence-electron chi connectivity index (χ4n) is 3.86. The molecule has 3 rings (SSSR count). The van der Waals surface area contributed by atoms with Crippen molar-refractivity contribution in [1.29, 1.82) is 0 Å². The molecule has 0 spiro atoms. The molecule has 2 aliphatic carbocycles. The molecule has 0 heterocycles. The molecular weight excluding hydrogens is 312 g/mol. The van der Waals surface area contributed by atoms with Crippen molar-refractivity contribution in [2.45, 2.75) is 61.2 Å². The zero-order valence-electron chi connectivity index (χ0n) is 13.8. The predicted octanol–water partition coefficient (Wildman–Crippen LogP) is 3.34. The Morgan fingerprint density at radius 1 is 1.17 bits per heavy atom. The summed E-state index contributed by atoms with van der Waals surface area (Å²) >= 11 is 0. The first-order chi connectivity index (χ1) is 10.9. The number of methoxy groups -OCH3 is 1. The number of sulfone groups is 1. The summed E-state index contributed by atoms with van der Waals surface area (Å²) in [5.41, 5.74) is 1.50. The van der Waals surface area contributed by atoms with Gasteiger partial charge in [0.2, 0.25) is 0 Å². The summed E-state index contributed by atoms with van der Waals surface area (Å²) in [6, 6.07) is 5.30. The largest absolute Gasteiger partial charge is 0.468 e. The van der Waals surface area contributed by atoms with Crippen molar-refractivity contribution in [2.75, 3.05) is 13.4 Å². The Morgan fingerprint density at radius 2 is 1.83 bits per heavy atom. The van der Waals surface area contributed by atoms with Crippen LogP contribution in [0.5, 0.6) is 0 Å². The maximum atomic E-state index is 12.3. The van der Waals surface area contributed by atoms with Crippen LogP contribution in [0.4, 0.5) is 0 Å². The van der Waals surface area contributed by atoms with Gasteiger partial charge in [0.25, 0.3) is 0 Å². The molecule has 0 N–H and O–H groups in total. The second-order valence-electron chi connectivity index (χ2n) is 6.93. The van der Waals surface area contributed by atoms with E-state index in [0.717, 1.165) is 36.8 Å². The van der Waals surface area contributed by atoms with Gasteiger partial charge in [0.15, 0.2) is 9.84 Å². The van der Waals surface area contributed by atoms with E-state index in [4.69, 9.17) is 4.74 Å². The Kier molecular flexibility index (Phi) is 4.25. The van der Waals surface area contributed by atoms with Crippen LogP contribution in [-0.2, 0) is 24.8 Å². The van der Waals surface area contributed by atoms with E-state index in [1.807, 2.05) is 12.1 Å². The molecule has 2 aliphatic rings. The highest BCUT2D eigenvalue weighted by Gasteiger charge is 2.54. The molecule has 23 heavy (non-hydrogen) atoms. The predicted molar refractivity (Wildman–Crippen MR) is 88.3 cm³/mol. The van der Waals surface area contributed by atoms with Gasteiger partial charge in [0.05, 0.1) is 17.4 Å². The molecule has 0 radical (unpaired) electrons. The molecule has 0 bridgehead atoms. The van der Waals surface area contributed by atoms with Gasteiger partial charge < -0.3 is 4.74 Å². The first-order valence-electron chi connectivity index (χ1n) is 8.31. The second-order valence-corrected chi connectivity index (χ2v) is 8.95. The van der Waals surface area contributed by atoms with Crippen LogP contribution in [0.25, 0.3) is 0 Å². The molecule has 0 saturated heterocycles. The van der Waals surface area contributed by atoms with Crippen LogP contribution in [0.2, 0.25) is 0 Å². The third-order valence-corrected chi connectivity index (χ3v) is 6.45. The minimum absolute atomic E-state index is 0.193. The zero-order valence-corrected chi connectivity index (χ0v) is 14.6. The summed E-state index contributed by atoms with van der Waals surface area (Å²) in [6.07, 6.45) is 8.51. The van der Waals surface area contributed by atoms with Crippen LogP contribution in [0.1, 0.15) is 62.0 Å². The van der Waals surface area contributed by atoms with Crippen LogP contribution in [0.3, 0.4) is 0 Å². The summed E-state index contributed by atoms with van der Waals surface area (Å²) in [5.74, 6) is 0.157. The molecule has 0 aliphatic heterocycles. The van der Waals surface area contributed by atoms with E-state index in [1.54, 1.807) is 6.07 Å². The second kappa shape index (κ2) is 5.93. The summed E-state index contributed by atoms with van der Waals surface area (Å²) in [6.45, 7) is 0. The van der Waals surface area contributed by atoms with Crippen LogP contribution < -0.4 is 0 Å². The van der Waals surface area contributed by atoms with Crippen molar-refractivity contribution in [3.8, 4) is 0 Å². The third-order valence-electron chi connectivity index (χ3n) is 5.34. The Bertz CT molecular complexity index is 711. The molecule has 1 aromatic rings. The highest BCUT2D eigenvalue weighted by molar-refractivity contribution is 7.90. The van der Waals surface area contributed by atoms with E-state index in [-0.39, 0.29) is 5.97 Å². The number of benzene rings is 1. The van der Waals surface area contributed by atoms with Crippen LogP contribution in [-0.4, -0.2) is 27.8 Å². The lowest BCUT2D eigenvalue weighted by Crippen LogP contribution is -2.25. The van der Waals surface area contributed by atoms with Crippen molar-refractivity contribution in [3.05, 3.63) is 29.3 Å². The average Bonchev–Trinajstić information content (AvgIpc) is 3.35. The smallest absolute Gasteiger partial charge is 0.316 e. The van der Waals surface area contributed by atoms with Crippen LogP contribution in [0, 0.1) is 0 Å². The Hall–Kier alpha value is -1.36. The van der Waals surface area contributed by atoms with E-state index in [0.29, 0.717) is 10.8 Å². The number of esters is 1. The van der Waals surface area contributed by atoms with Gasteiger partial charge in [-0.1, -0.05) is 25.3 Å². The molecule has 0 atom stereocenters. The summed E-state index contributed by atoms with van der Waals surface area (Å²) in [4.78, 5) is 12.6. The Morgan fingerprint density at radius 3 is 2.35 bits per heavy atom. The lowest BCUT2D eigenvalue weighted by atomic mass is 9.78. The monoisotopic (exact) mass is 336 g/mol. The fraction of sp³-hybridized carbons (Fsp3) is 0.611. The third kappa shape index (κ3) is 3.03. The number of hydrogen-bond acceptors (Lipinski definition) is 4. The number of hydrogen-bond donors (Lipinski definition) is 0. The molecular formula is C18H24O4S. The summed E-state index contributed by atoms with van der Waals surface area (Å²) in [5, 5.41) is 0. The number of carbonyl (C=O) groups is 1. The minimum Gasteiger partial charge on any atom is -0.468 e. The van der Waals surface area contributed by atoms with Crippen molar-refractivity contribution < 1.29 is 17.9 Å². The molecule has 0 unspecified atom stereocenters. The average molecular weight is 336 g/mol. The normalized spacial score (nSPS) is 21.0. The summed E-state index contributed by atoms with van der Waals surface area (Å²) in [7, 11) is -1.82. The van der Waals surface area contributed by atoms with Gasteiger partial charge in [0, 0.05) is 6.26 Å². The van der Waals surface area contributed by atoms with Crippen molar-refractivity contribution in [1.82, 2.24) is 0 Å². The quantitative estimate of drug-likeness (QED) is 0.791. The lowest BCUT2D eigenvalue weighted by Gasteiger charge is -2.27. The highest BCUT2D eigenvalue weighted by atomic mass is 32.2. The number of ether oxygens (including phenoxy) is 1. The maximum Gasteiger partial charge on any atom is 0.316 e. The SMILES string of the molecule is COC(=O)C1(c2ccc(S(C)(=O)=O)cc2C2CCCCC2)CC1. The van der Waals surface area contributed by atoms with E-state index < -0.39 is 15.3 Å². The fourth-order valence-corrected chi connectivity index (χ4v) is 4.52. The minimum atomic E-state index is -3.25. The van der Waals surface area contributed by atoms with Gasteiger partial charge in [-0.05, 0) is 54.9 Å². The number of carbonyl (C=O) groups excluding carboxylic acids is 1. The first kappa shape index (κ1) is 16.5. The van der Waals surface area contributed by atoms with Gasteiger partial charge >= 0.3 is 5.97 Å². The molecule has 126 valence electrons. The van der Waals surface area contributed by atoms with Gasteiger partial charge in [-0.15, -0.1) is 0 Å². The standard InChI is InChI=1S/C18H24O4S/c1-22-17(19)18(10-11-18)16-9-8-14(23(2,20)21)12-15(16)13-6-4-3-5-7-13/h8-9,12-13H,3-7,10-11H2,1-2H3. The molecule has 5 heteroatoms. The van der Waals surface area contributed by atoms with E-state index in [2.05, 4.69) is 0 Å². The Labute approximate surface area is 138 Å². The van der Waals surface area contributed by atoms with Gasteiger partial charge in [-0.25, -0.2) is 8.42 Å². The number of rotatable bonds is 4. The van der Waals surface area contributed by atoms with Crippen molar-refractivity contribution in [2.24, 2.45) is 0 Å². The van der Waals surface area contributed by atoms with E-state index in [9.17, 15) is 13.2 Å². The zero-order chi connectivity index (χ0) is 16.7. The van der Waals surface area contributed by atoms with Gasteiger partial charge in [0.1, 0.15) is 0 Å². The summed E-state index contributed by atoms with van der Waals surface area (Å²) < 4.78 is 28.9. The van der Waals surface area contributed by atoms with Gasteiger partial charge in [-0.3, -0.25) is 4.79 Å². The van der Waals surface area contributed by atoms with Crippen LogP contribution in [0.15, 0.2) is 23.1 Å². The topological polar surface area (TPSA) is 60.4 Å². The van der Waals surface area contributed by atoms with Gasteiger partial charge in [-0.2, -0.15) is 0 Å². The molecule has 0 aromatic heterocycles. The maximum absolute atomic E-state index is 12.3. The van der Waals surface area contributed by atoms with Crippen molar-refractivity contribution in [3.63, 3.8) is 0 Å². The van der Waals surface area contributed by atoms with E-state index >= 15 is 0 Å². The molecule has 1 aromatic carbocycles. The molecule has 4 nitrogen and oxygen atoms in total. The molecule has 2 saturated carbocycles. The molecule has 0 amide bonds. The first-order valence-corrected chi connectivity index (χ1v) is 10.2. The molecule has 2 fully saturated rings.